The summed E-state index contributed by atoms with van der Waals surface area (Å²) < 4.78 is 0. The van der Waals surface area contributed by atoms with Crippen LogP contribution in [-0.4, -0.2) is 46.2 Å². The number of carbonyl (C=O) groups excluding carboxylic acids is 2. The van der Waals surface area contributed by atoms with Crippen LogP contribution >= 0.6 is 0 Å². The molecule has 1 aromatic carbocycles. The number of piperazine rings is 1. The first kappa shape index (κ1) is 17.1. The van der Waals surface area contributed by atoms with Gasteiger partial charge in [-0.25, -0.2) is 0 Å². The van der Waals surface area contributed by atoms with E-state index in [1.807, 2.05) is 52.3 Å². The van der Waals surface area contributed by atoms with Crippen LogP contribution in [0, 0.1) is 0 Å². The van der Waals surface area contributed by atoms with Gasteiger partial charge in [-0.15, -0.1) is 0 Å². The number of nitrogens with zero attached hydrogens (tertiary/aromatic N) is 3. The third-order valence-corrected chi connectivity index (χ3v) is 4.67. The molecule has 1 saturated heterocycles. The Balaban J connectivity index is 1.67. The molecule has 0 radical (unpaired) electrons. The Morgan fingerprint density at radius 3 is 2.60 bits per heavy atom. The molecule has 5 nitrogen and oxygen atoms in total. The van der Waals surface area contributed by atoms with Gasteiger partial charge < -0.3 is 9.80 Å². The highest BCUT2D eigenvalue weighted by Gasteiger charge is 2.31. The third-order valence-electron chi connectivity index (χ3n) is 4.67. The largest absolute Gasteiger partial charge is 0.338 e. The van der Waals surface area contributed by atoms with Crippen LogP contribution in [0.2, 0.25) is 0 Å². The van der Waals surface area contributed by atoms with Crippen molar-refractivity contribution in [1.29, 1.82) is 0 Å². The van der Waals surface area contributed by atoms with Crippen LogP contribution in [0.25, 0.3) is 0 Å². The molecule has 2 aromatic rings. The van der Waals surface area contributed by atoms with Crippen molar-refractivity contribution in [2.24, 2.45) is 0 Å². The molecule has 0 spiro atoms. The van der Waals surface area contributed by atoms with Crippen LogP contribution in [0.15, 0.2) is 54.9 Å². The molecule has 1 aromatic heterocycles. The lowest BCUT2D eigenvalue weighted by molar-refractivity contribution is -0.141. The van der Waals surface area contributed by atoms with Gasteiger partial charge in [0.25, 0.3) is 0 Å². The van der Waals surface area contributed by atoms with Crippen molar-refractivity contribution < 1.29 is 9.59 Å². The van der Waals surface area contributed by atoms with Crippen LogP contribution < -0.4 is 0 Å². The first-order valence-corrected chi connectivity index (χ1v) is 8.64. The summed E-state index contributed by atoms with van der Waals surface area (Å²) in [6.07, 6.45) is 4.69. The number of pyridine rings is 1. The highest BCUT2D eigenvalue weighted by Crippen LogP contribution is 2.26. The van der Waals surface area contributed by atoms with Crippen LogP contribution in [0.3, 0.4) is 0 Å². The normalized spacial score (nSPS) is 17.4. The Morgan fingerprint density at radius 1 is 1.12 bits per heavy atom. The van der Waals surface area contributed by atoms with Crippen molar-refractivity contribution in [2.45, 2.75) is 25.8 Å². The number of carbonyl (C=O) groups is 2. The minimum absolute atomic E-state index is 0.0521. The van der Waals surface area contributed by atoms with Gasteiger partial charge in [-0.3, -0.25) is 14.6 Å². The van der Waals surface area contributed by atoms with Gasteiger partial charge in [-0.2, -0.15) is 0 Å². The van der Waals surface area contributed by atoms with Gasteiger partial charge in [-0.05, 0) is 23.6 Å². The van der Waals surface area contributed by atoms with E-state index in [-0.39, 0.29) is 17.9 Å². The van der Waals surface area contributed by atoms with Crippen molar-refractivity contribution in [3.05, 3.63) is 66.0 Å². The van der Waals surface area contributed by atoms with Gasteiger partial charge in [0.15, 0.2) is 0 Å². The van der Waals surface area contributed by atoms with Gasteiger partial charge in [0, 0.05) is 45.4 Å². The van der Waals surface area contributed by atoms with Gasteiger partial charge in [-0.1, -0.05) is 36.4 Å². The summed E-state index contributed by atoms with van der Waals surface area (Å²) in [7, 11) is 0. The maximum Gasteiger partial charge on any atom is 0.223 e. The Kier molecular flexibility index (Phi) is 5.43. The molecule has 2 amide bonds. The Bertz CT molecular complexity index is 718. The molecule has 0 saturated carbocycles. The van der Waals surface area contributed by atoms with E-state index < -0.39 is 0 Å². The fourth-order valence-electron chi connectivity index (χ4n) is 3.30. The van der Waals surface area contributed by atoms with E-state index in [0.717, 1.165) is 11.1 Å². The predicted octanol–water partition coefficient (Wildman–Crippen LogP) is 2.45. The Hall–Kier alpha value is -2.69. The summed E-state index contributed by atoms with van der Waals surface area (Å²) >= 11 is 0. The highest BCUT2D eigenvalue weighted by molar-refractivity contribution is 5.78. The molecule has 0 unspecified atom stereocenters. The number of amides is 2. The van der Waals surface area contributed by atoms with Gasteiger partial charge in [0.2, 0.25) is 11.8 Å². The average Bonchev–Trinajstić information content (AvgIpc) is 2.67. The third kappa shape index (κ3) is 4.24. The number of benzene rings is 1. The molecule has 1 atom stereocenters. The number of rotatable bonds is 4. The van der Waals surface area contributed by atoms with E-state index in [1.165, 1.54) is 0 Å². The van der Waals surface area contributed by atoms with E-state index in [2.05, 4.69) is 4.98 Å². The molecular weight excluding hydrogens is 314 g/mol. The number of aryl methyl sites for hydroxylation is 1. The molecule has 25 heavy (non-hydrogen) atoms. The van der Waals surface area contributed by atoms with Crippen LogP contribution in [0.1, 0.15) is 30.5 Å². The maximum absolute atomic E-state index is 12.6. The number of aromatic nitrogens is 1. The predicted molar refractivity (Wildman–Crippen MR) is 95.7 cm³/mol. The summed E-state index contributed by atoms with van der Waals surface area (Å²) in [4.78, 5) is 32.4. The van der Waals surface area contributed by atoms with Crippen molar-refractivity contribution in [3.63, 3.8) is 0 Å². The van der Waals surface area contributed by atoms with Crippen molar-refractivity contribution in [2.75, 3.05) is 19.6 Å². The zero-order chi connectivity index (χ0) is 17.6. The fraction of sp³-hybridized carbons (Fsp3) is 0.350. The second-order valence-corrected chi connectivity index (χ2v) is 6.34. The summed E-state index contributed by atoms with van der Waals surface area (Å²) in [5, 5.41) is 0. The molecule has 3 rings (SSSR count). The molecule has 5 heteroatoms. The number of hydrogen-bond acceptors (Lipinski definition) is 3. The van der Waals surface area contributed by atoms with Gasteiger partial charge >= 0.3 is 0 Å². The SMILES string of the molecule is CC(=O)N1CCN(C(=O)CCc2cccnc2)C[C@H]1c1ccccc1. The molecule has 1 aliphatic heterocycles. The monoisotopic (exact) mass is 337 g/mol. The molecule has 0 N–H and O–H groups in total. The Labute approximate surface area is 148 Å². The summed E-state index contributed by atoms with van der Waals surface area (Å²) in [6, 6.07) is 13.7. The van der Waals surface area contributed by atoms with Gasteiger partial charge in [0.1, 0.15) is 0 Å². The lowest BCUT2D eigenvalue weighted by Gasteiger charge is -2.41. The second-order valence-electron chi connectivity index (χ2n) is 6.34. The highest BCUT2D eigenvalue weighted by atomic mass is 16.2. The maximum atomic E-state index is 12.6. The van der Waals surface area contributed by atoms with Crippen molar-refractivity contribution in [1.82, 2.24) is 14.8 Å². The zero-order valence-electron chi connectivity index (χ0n) is 14.5. The molecule has 0 aliphatic carbocycles. The van der Waals surface area contributed by atoms with E-state index in [0.29, 0.717) is 32.5 Å². The molecule has 130 valence electrons. The minimum Gasteiger partial charge on any atom is -0.338 e. The minimum atomic E-state index is -0.0743. The fourth-order valence-corrected chi connectivity index (χ4v) is 3.30. The van der Waals surface area contributed by atoms with Crippen LogP contribution in [-0.2, 0) is 16.0 Å². The molecular formula is C20H23N3O2. The standard InChI is InChI=1S/C20H23N3O2/c1-16(24)23-13-12-22(15-19(23)18-7-3-2-4-8-18)20(25)10-9-17-6-5-11-21-14-17/h2-8,11,14,19H,9-10,12-13,15H2,1H3/t19-/m0/s1. The topological polar surface area (TPSA) is 53.5 Å². The van der Waals surface area contributed by atoms with E-state index in [1.54, 1.807) is 19.3 Å². The summed E-state index contributed by atoms with van der Waals surface area (Å²) in [6.45, 7) is 3.31. The van der Waals surface area contributed by atoms with E-state index in [9.17, 15) is 9.59 Å². The number of hydrogen-bond donors (Lipinski definition) is 0. The van der Waals surface area contributed by atoms with Gasteiger partial charge in [0.05, 0.1) is 6.04 Å². The second kappa shape index (κ2) is 7.92. The molecule has 1 fully saturated rings. The molecule has 0 bridgehead atoms. The van der Waals surface area contributed by atoms with Crippen LogP contribution in [0.5, 0.6) is 0 Å². The smallest absolute Gasteiger partial charge is 0.223 e. The van der Waals surface area contributed by atoms with Crippen LogP contribution in [0.4, 0.5) is 0 Å². The Morgan fingerprint density at radius 2 is 1.92 bits per heavy atom. The van der Waals surface area contributed by atoms with Crippen molar-refractivity contribution in [3.8, 4) is 0 Å². The summed E-state index contributed by atoms with van der Waals surface area (Å²) in [5.41, 5.74) is 2.14. The quantitative estimate of drug-likeness (QED) is 0.861. The van der Waals surface area contributed by atoms with E-state index in [4.69, 9.17) is 0 Å². The summed E-state index contributed by atoms with van der Waals surface area (Å²) in [5.74, 6) is 0.185. The average molecular weight is 337 g/mol. The lowest BCUT2D eigenvalue weighted by Crippen LogP contribution is -2.51. The molecule has 1 aliphatic rings. The lowest BCUT2D eigenvalue weighted by atomic mass is 10.0. The molecule has 2 heterocycles. The zero-order valence-corrected chi connectivity index (χ0v) is 14.5. The van der Waals surface area contributed by atoms with Crippen molar-refractivity contribution >= 4 is 11.8 Å². The first-order chi connectivity index (χ1) is 12.1. The van der Waals surface area contributed by atoms with E-state index >= 15 is 0 Å². The first-order valence-electron chi connectivity index (χ1n) is 8.64.